The number of nitro groups is 1. The van der Waals surface area contributed by atoms with Crippen molar-refractivity contribution in [2.75, 3.05) is 11.9 Å². The van der Waals surface area contributed by atoms with Gasteiger partial charge in [-0.2, -0.15) is 0 Å². The predicted molar refractivity (Wildman–Crippen MR) is 110 cm³/mol. The summed E-state index contributed by atoms with van der Waals surface area (Å²) in [6.07, 6.45) is 0. The van der Waals surface area contributed by atoms with Gasteiger partial charge in [-0.25, -0.2) is 9.18 Å². The fraction of sp³-hybridized carbons (Fsp3) is 0.250. The van der Waals surface area contributed by atoms with Crippen LogP contribution in [0.25, 0.3) is 0 Å². The number of esters is 1. The van der Waals surface area contributed by atoms with E-state index in [2.05, 4.69) is 10.6 Å². The van der Waals surface area contributed by atoms with Crippen molar-refractivity contribution < 1.29 is 28.4 Å². The largest absolute Gasteiger partial charge is 0.454 e. The van der Waals surface area contributed by atoms with Crippen LogP contribution in [0.5, 0.6) is 0 Å². The molecular weight excluding hydrogens is 433 g/mol. The lowest BCUT2D eigenvalue weighted by Crippen LogP contribution is -2.46. The van der Waals surface area contributed by atoms with E-state index < -0.39 is 46.9 Å². The topological polar surface area (TPSA) is 128 Å². The number of halogens is 2. The summed E-state index contributed by atoms with van der Waals surface area (Å²) in [7, 11) is 0. The molecule has 164 valence electrons. The Morgan fingerprint density at radius 1 is 1.19 bits per heavy atom. The number of nitrogens with one attached hydrogen (secondary N) is 2. The Kier molecular flexibility index (Phi) is 8.03. The Bertz CT molecular complexity index is 1010. The van der Waals surface area contributed by atoms with Crippen LogP contribution in [-0.2, 0) is 14.3 Å². The molecule has 0 aliphatic heterocycles. The second-order valence-corrected chi connectivity index (χ2v) is 7.16. The van der Waals surface area contributed by atoms with Crippen LogP contribution >= 0.6 is 11.6 Å². The molecule has 2 amide bonds. The number of nitro benzene ring substituents is 1. The molecule has 0 aliphatic rings. The van der Waals surface area contributed by atoms with Gasteiger partial charge in [0.25, 0.3) is 17.5 Å². The quantitative estimate of drug-likeness (QED) is 0.360. The minimum Gasteiger partial charge on any atom is -0.454 e. The van der Waals surface area contributed by atoms with Crippen molar-refractivity contribution in [3.63, 3.8) is 0 Å². The maximum absolute atomic E-state index is 13.2. The highest BCUT2D eigenvalue weighted by Gasteiger charge is 2.27. The molecule has 0 bridgehead atoms. The van der Waals surface area contributed by atoms with E-state index in [-0.39, 0.29) is 22.2 Å². The van der Waals surface area contributed by atoms with Crippen LogP contribution in [-0.4, -0.2) is 35.4 Å². The van der Waals surface area contributed by atoms with Crippen molar-refractivity contribution in [1.29, 1.82) is 0 Å². The molecule has 0 heterocycles. The fourth-order valence-electron chi connectivity index (χ4n) is 2.54. The van der Waals surface area contributed by atoms with Crippen LogP contribution in [0.4, 0.5) is 15.8 Å². The first-order chi connectivity index (χ1) is 14.6. The molecule has 31 heavy (non-hydrogen) atoms. The average Bonchev–Trinajstić information content (AvgIpc) is 2.71. The molecule has 0 aromatic heterocycles. The maximum atomic E-state index is 13.2. The van der Waals surface area contributed by atoms with Gasteiger partial charge in [-0.3, -0.25) is 19.7 Å². The van der Waals surface area contributed by atoms with Crippen LogP contribution in [0, 0.1) is 21.8 Å². The SMILES string of the molecule is CC(C)[C@H](NC(=O)c1ccccc1Cl)C(=O)OCC(=O)Nc1ccc(F)cc1[N+](=O)[O-]. The first-order valence-electron chi connectivity index (χ1n) is 9.06. The zero-order valence-electron chi connectivity index (χ0n) is 16.6. The van der Waals surface area contributed by atoms with E-state index in [1.165, 1.54) is 12.1 Å². The van der Waals surface area contributed by atoms with Crippen molar-refractivity contribution in [3.8, 4) is 0 Å². The van der Waals surface area contributed by atoms with E-state index in [1.54, 1.807) is 26.0 Å². The van der Waals surface area contributed by atoms with Gasteiger partial charge in [0.1, 0.15) is 17.5 Å². The van der Waals surface area contributed by atoms with Gasteiger partial charge >= 0.3 is 5.97 Å². The molecule has 0 fully saturated rings. The summed E-state index contributed by atoms with van der Waals surface area (Å²) in [6, 6.07) is 7.82. The monoisotopic (exact) mass is 451 g/mol. The van der Waals surface area contributed by atoms with E-state index in [4.69, 9.17) is 16.3 Å². The molecule has 0 unspecified atom stereocenters. The number of carbonyl (C=O) groups excluding carboxylic acids is 3. The maximum Gasteiger partial charge on any atom is 0.329 e. The van der Waals surface area contributed by atoms with Gasteiger partial charge < -0.3 is 15.4 Å². The molecule has 9 nitrogen and oxygen atoms in total. The second-order valence-electron chi connectivity index (χ2n) is 6.75. The average molecular weight is 452 g/mol. The molecule has 0 spiro atoms. The van der Waals surface area contributed by atoms with Crippen molar-refractivity contribution in [1.82, 2.24) is 5.32 Å². The van der Waals surface area contributed by atoms with E-state index in [0.29, 0.717) is 6.07 Å². The summed E-state index contributed by atoms with van der Waals surface area (Å²) in [4.78, 5) is 47.0. The smallest absolute Gasteiger partial charge is 0.329 e. The first kappa shape index (κ1) is 23.7. The fourth-order valence-corrected chi connectivity index (χ4v) is 2.76. The number of amides is 2. The molecule has 2 N–H and O–H groups in total. The van der Waals surface area contributed by atoms with Gasteiger partial charge in [0.05, 0.1) is 21.6 Å². The van der Waals surface area contributed by atoms with E-state index in [1.807, 2.05) is 0 Å². The van der Waals surface area contributed by atoms with E-state index in [9.17, 15) is 28.9 Å². The Morgan fingerprint density at radius 2 is 1.87 bits per heavy atom. The predicted octanol–water partition coefficient (Wildman–Crippen LogP) is 3.32. The lowest BCUT2D eigenvalue weighted by molar-refractivity contribution is -0.384. The lowest BCUT2D eigenvalue weighted by Gasteiger charge is -2.21. The molecule has 2 rings (SSSR count). The van der Waals surface area contributed by atoms with Gasteiger partial charge in [-0.1, -0.05) is 37.6 Å². The summed E-state index contributed by atoms with van der Waals surface area (Å²) in [5.41, 5.74) is -0.726. The van der Waals surface area contributed by atoms with Gasteiger partial charge in [0.2, 0.25) is 0 Å². The third-order valence-corrected chi connectivity index (χ3v) is 4.43. The standard InChI is InChI=1S/C20H19ClFN3O6/c1-11(2)18(24-19(27)13-5-3-4-6-14(13)21)20(28)31-10-17(26)23-15-8-7-12(22)9-16(15)25(29)30/h3-9,11,18H,10H2,1-2H3,(H,23,26)(H,24,27)/t18-/m0/s1. The normalized spacial score (nSPS) is 11.5. The number of hydrogen-bond donors (Lipinski definition) is 2. The molecular formula is C20H19ClFN3O6. The number of nitrogens with zero attached hydrogens (tertiary/aromatic N) is 1. The highest BCUT2D eigenvalue weighted by atomic mass is 35.5. The Balaban J connectivity index is 2.00. The minimum atomic E-state index is -1.07. The minimum absolute atomic E-state index is 0.170. The number of rotatable bonds is 8. The summed E-state index contributed by atoms with van der Waals surface area (Å²) >= 11 is 5.98. The van der Waals surface area contributed by atoms with Crippen molar-refractivity contribution in [2.45, 2.75) is 19.9 Å². The Labute approximate surface area is 181 Å². The van der Waals surface area contributed by atoms with Gasteiger partial charge in [-0.15, -0.1) is 0 Å². The van der Waals surface area contributed by atoms with Gasteiger partial charge in [0, 0.05) is 0 Å². The molecule has 1 atom stereocenters. The molecule has 0 saturated heterocycles. The van der Waals surface area contributed by atoms with Crippen molar-refractivity contribution >= 4 is 40.8 Å². The molecule has 2 aromatic carbocycles. The van der Waals surface area contributed by atoms with E-state index in [0.717, 1.165) is 12.1 Å². The molecule has 2 aromatic rings. The molecule has 0 aliphatic carbocycles. The summed E-state index contributed by atoms with van der Waals surface area (Å²) in [5.74, 6) is -3.56. The Morgan fingerprint density at radius 3 is 2.48 bits per heavy atom. The lowest BCUT2D eigenvalue weighted by atomic mass is 10.0. The molecule has 11 heteroatoms. The first-order valence-corrected chi connectivity index (χ1v) is 9.43. The summed E-state index contributed by atoms with van der Waals surface area (Å²) in [6.45, 7) is 2.57. The number of hydrogen-bond acceptors (Lipinski definition) is 6. The van der Waals surface area contributed by atoms with Crippen LogP contribution < -0.4 is 10.6 Å². The summed E-state index contributed by atoms with van der Waals surface area (Å²) in [5, 5.41) is 15.9. The zero-order chi connectivity index (χ0) is 23.1. The van der Waals surface area contributed by atoms with E-state index >= 15 is 0 Å². The summed E-state index contributed by atoms with van der Waals surface area (Å²) < 4.78 is 18.1. The number of benzene rings is 2. The number of ether oxygens (including phenoxy) is 1. The molecule has 0 radical (unpaired) electrons. The van der Waals surface area contributed by atoms with Crippen LogP contribution in [0.2, 0.25) is 5.02 Å². The number of anilines is 1. The van der Waals surface area contributed by atoms with Crippen LogP contribution in [0.15, 0.2) is 42.5 Å². The molecule has 0 saturated carbocycles. The third-order valence-electron chi connectivity index (χ3n) is 4.10. The number of carbonyl (C=O) groups is 3. The third kappa shape index (κ3) is 6.48. The van der Waals surface area contributed by atoms with Crippen LogP contribution in [0.1, 0.15) is 24.2 Å². The van der Waals surface area contributed by atoms with Gasteiger partial charge in [0.15, 0.2) is 6.61 Å². The highest BCUT2D eigenvalue weighted by molar-refractivity contribution is 6.33. The van der Waals surface area contributed by atoms with Crippen molar-refractivity contribution in [3.05, 3.63) is 69.0 Å². The zero-order valence-corrected chi connectivity index (χ0v) is 17.3. The van der Waals surface area contributed by atoms with Crippen molar-refractivity contribution in [2.24, 2.45) is 5.92 Å². The Hall–Kier alpha value is -3.53. The van der Waals surface area contributed by atoms with Crippen LogP contribution in [0.3, 0.4) is 0 Å². The highest BCUT2D eigenvalue weighted by Crippen LogP contribution is 2.24. The second kappa shape index (κ2) is 10.5. The van der Waals surface area contributed by atoms with Gasteiger partial charge in [-0.05, 0) is 30.2 Å².